The molecule has 1 N–H and O–H groups in total. The maximum Gasteiger partial charge on any atom is 0.228 e. The van der Waals surface area contributed by atoms with Crippen LogP contribution >= 0.6 is 15.9 Å². The monoisotopic (exact) mass is 376 g/mol. The van der Waals surface area contributed by atoms with Gasteiger partial charge in [0.25, 0.3) is 0 Å². The smallest absolute Gasteiger partial charge is 0.228 e. The highest BCUT2D eigenvalue weighted by atomic mass is 79.9. The van der Waals surface area contributed by atoms with Crippen LogP contribution in [0, 0.1) is 5.82 Å². The van der Waals surface area contributed by atoms with Gasteiger partial charge in [-0.3, -0.25) is 4.79 Å². The molecule has 0 aromatic heterocycles. The van der Waals surface area contributed by atoms with Crippen LogP contribution in [0.3, 0.4) is 0 Å². The number of carbonyl (C=O) groups is 1. The minimum atomic E-state index is -0.341. The fourth-order valence-corrected chi connectivity index (χ4v) is 3.09. The summed E-state index contributed by atoms with van der Waals surface area (Å²) in [6, 6.07) is 12.2. The standard InChI is InChI=1S/C18H18BrFN2O/c19-14-5-3-13(4-6-14)11-18(23)21-16-12-15(20)7-8-17(16)22-9-1-2-10-22/h3-8,12H,1-2,9-11H2,(H,21,23). The van der Waals surface area contributed by atoms with E-state index in [9.17, 15) is 9.18 Å². The molecule has 1 amide bonds. The molecule has 5 heteroatoms. The Balaban J connectivity index is 1.74. The van der Waals surface area contributed by atoms with Crippen LogP contribution in [0.25, 0.3) is 0 Å². The number of amides is 1. The number of carbonyl (C=O) groups excluding carboxylic acids is 1. The molecule has 1 fully saturated rings. The van der Waals surface area contributed by atoms with Crippen molar-refractivity contribution in [3.05, 3.63) is 58.3 Å². The largest absolute Gasteiger partial charge is 0.370 e. The average molecular weight is 377 g/mol. The summed E-state index contributed by atoms with van der Waals surface area (Å²) in [7, 11) is 0. The van der Waals surface area contributed by atoms with Crippen LogP contribution in [0.4, 0.5) is 15.8 Å². The predicted octanol–water partition coefficient (Wildman–Crippen LogP) is 4.37. The van der Waals surface area contributed by atoms with Gasteiger partial charge < -0.3 is 10.2 Å². The van der Waals surface area contributed by atoms with Crippen molar-refractivity contribution in [2.75, 3.05) is 23.3 Å². The molecular weight excluding hydrogens is 359 g/mol. The minimum Gasteiger partial charge on any atom is -0.370 e. The Bertz CT molecular complexity index is 697. The van der Waals surface area contributed by atoms with Gasteiger partial charge in [0.1, 0.15) is 5.82 Å². The molecule has 0 saturated carbocycles. The number of halogens is 2. The molecule has 0 spiro atoms. The number of nitrogens with zero attached hydrogens (tertiary/aromatic N) is 1. The van der Waals surface area contributed by atoms with Gasteiger partial charge in [0.2, 0.25) is 5.91 Å². The summed E-state index contributed by atoms with van der Waals surface area (Å²) in [5.74, 6) is -0.481. The maximum atomic E-state index is 13.6. The summed E-state index contributed by atoms with van der Waals surface area (Å²) in [5, 5.41) is 2.86. The summed E-state index contributed by atoms with van der Waals surface area (Å²) < 4.78 is 14.6. The second kappa shape index (κ2) is 7.13. The topological polar surface area (TPSA) is 32.3 Å². The molecular formula is C18H18BrFN2O. The van der Waals surface area contributed by atoms with Crippen molar-refractivity contribution in [3.63, 3.8) is 0 Å². The van der Waals surface area contributed by atoms with Gasteiger partial charge in [-0.1, -0.05) is 28.1 Å². The Morgan fingerprint density at radius 3 is 2.52 bits per heavy atom. The van der Waals surface area contributed by atoms with E-state index in [1.165, 1.54) is 12.1 Å². The Morgan fingerprint density at radius 1 is 1.13 bits per heavy atom. The second-order valence-electron chi connectivity index (χ2n) is 5.71. The Hall–Kier alpha value is -1.88. The third-order valence-electron chi connectivity index (χ3n) is 3.96. The van der Waals surface area contributed by atoms with E-state index in [4.69, 9.17) is 0 Å². The molecule has 0 unspecified atom stereocenters. The van der Waals surface area contributed by atoms with Crippen LogP contribution in [-0.4, -0.2) is 19.0 Å². The van der Waals surface area contributed by atoms with Crippen molar-refractivity contribution >= 4 is 33.2 Å². The van der Waals surface area contributed by atoms with Gasteiger partial charge in [0.15, 0.2) is 0 Å². The molecule has 1 aliphatic heterocycles. The number of rotatable bonds is 4. The predicted molar refractivity (Wildman–Crippen MR) is 94.3 cm³/mol. The van der Waals surface area contributed by atoms with Gasteiger partial charge in [0, 0.05) is 17.6 Å². The second-order valence-corrected chi connectivity index (χ2v) is 6.62. The summed E-state index contributed by atoms with van der Waals surface area (Å²) >= 11 is 3.37. The number of anilines is 2. The molecule has 0 bridgehead atoms. The van der Waals surface area contributed by atoms with Crippen LogP contribution in [0.2, 0.25) is 0 Å². The highest BCUT2D eigenvalue weighted by Crippen LogP contribution is 2.29. The lowest BCUT2D eigenvalue weighted by molar-refractivity contribution is -0.115. The van der Waals surface area contributed by atoms with Crippen LogP contribution < -0.4 is 10.2 Å². The highest BCUT2D eigenvalue weighted by Gasteiger charge is 2.17. The van der Waals surface area contributed by atoms with Crippen LogP contribution in [0.15, 0.2) is 46.9 Å². The first-order valence-corrected chi connectivity index (χ1v) is 8.50. The van der Waals surface area contributed by atoms with E-state index in [-0.39, 0.29) is 18.1 Å². The molecule has 1 heterocycles. The normalized spacial score (nSPS) is 14.1. The molecule has 23 heavy (non-hydrogen) atoms. The van der Waals surface area contributed by atoms with E-state index in [0.717, 1.165) is 41.7 Å². The van der Waals surface area contributed by atoms with Gasteiger partial charge in [-0.15, -0.1) is 0 Å². The summed E-state index contributed by atoms with van der Waals surface area (Å²) in [6.07, 6.45) is 2.52. The SMILES string of the molecule is O=C(Cc1ccc(Br)cc1)Nc1cc(F)ccc1N1CCCC1. The molecule has 2 aromatic rings. The summed E-state index contributed by atoms with van der Waals surface area (Å²) in [4.78, 5) is 14.5. The Morgan fingerprint density at radius 2 is 1.83 bits per heavy atom. The van der Waals surface area contributed by atoms with E-state index in [0.29, 0.717) is 5.69 Å². The zero-order valence-electron chi connectivity index (χ0n) is 12.7. The minimum absolute atomic E-state index is 0.140. The fourth-order valence-electron chi connectivity index (χ4n) is 2.82. The molecule has 0 radical (unpaired) electrons. The van der Waals surface area contributed by atoms with Gasteiger partial charge in [-0.05, 0) is 48.7 Å². The van der Waals surface area contributed by atoms with Crippen LogP contribution in [-0.2, 0) is 11.2 Å². The van der Waals surface area contributed by atoms with Gasteiger partial charge in [-0.25, -0.2) is 4.39 Å². The number of benzene rings is 2. The van der Waals surface area contributed by atoms with E-state index in [1.807, 2.05) is 24.3 Å². The van der Waals surface area contributed by atoms with Crippen molar-refractivity contribution in [2.24, 2.45) is 0 Å². The third kappa shape index (κ3) is 4.10. The molecule has 2 aromatic carbocycles. The molecule has 1 aliphatic rings. The van der Waals surface area contributed by atoms with Crippen molar-refractivity contribution in [2.45, 2.75) is 19.3 Å². The third-order valence-corrected chi connectivity index (χ3v) is 4.49. The average Bonchev–Trinajstić information content (AvgIpc) is 3.04. The first-order valence-electron chi connectivity index (χ1n) is 7.70. The summed E-state index contributed by atoms with van der Waals surface area (Å²) in [5.41, 5.74) is 2.37. The number of nitrogens with one attached hydrogen (secondary N) is 1. The molecule has 3 rings (SSSR count). The van der Waals surface area contributed by atoms with Crippen molar-refractivity contribution in [1.29, 1.82) is 0 Å². The lowest BCUT2D eigenvalue weighted by Gasteiger charge is -2.21. The van der Waals surface area contributed by atoms with E-state index < -0.39 is 0 Å². The molecule has 1 saturated heterocycles. The molecule has 0 atom stereocenters. The van der Waals surface area contributed by atoms with Gasteiger partial charge in [-0.2, -0.15) is 0 Å². The molecule has 0 aliphatic carbocycles. The quantitative estimate of drug-likeness (QED) is 0.858. The van der Waals surface area contributed by atoms with Gasteiger partial charge >= 0.3 is 0 Å². The van der Waals surface area contributed by atoms with E-state index >= 15 is 0 Å². The molecule has 3 nitrogen and oxygen atoms in total. The Kier molecular flexibility index (Phi) is 4.96. The first kappa shape index (κ1) is 16.0. The van der Waals surface area contributed by atoms with Crippen LogP contribution in [0.1, 0.15) is 18.4 Å². The number of hydrogen-bond acceptors (Lipinski definition) is 2. The highest BCUT2D eigenvalue weighted by molar-refractivity contribution is 9.10. The van der Waals surface area contributed by atoms with Crippen LogP contribution in [0.5, 0.6) is 0 Å². The zero-order chi connectivity index (χ0) is 16.2. The fraction of sp³-hybridized carbons (Fsp3) is 0.278. The molecule has 120 valence electrons. The van der Waals surface area contributed by atoms with E-state index in [1.54, 1.807) is 6.07 Å². The lowest BCUT2D eigenvalue weighted by Crippen LogP contribution is -2.22. The Labute approximate surface area is 143 Å². The van der Waals surface area contributed by atoms with E-state index in [2.05, 4.69) is 26.1 Å². The first-order chi connectivity index (χ1) is 11.1. The summed E-state index contributed by atoms with van der Waals surface area (Å²) in [6.45, 7) is 1.89. The zero-order valence-corrected chi connectivity index (χ0v) is 14.3. The maximum absolute atomic E-state index is 13.6. The number of hydrogen-bond donors (Lipinski definition) is 1. The lowest BCUT2D eigenvalue weighted by atomic mass is 10.1. The van der Waals surface area contributed by atoms with Crippen molar-refractivity contribution < 1.29 is 9.18 Å². The van der Waals surface area contributed by atoms with Gasteiger partial charge in [0.05, 0.1) is 17.8 Å². The van der Waals surface area contributed by atoms with Crippen molar-refractivity contribution in [1.82, 2.24) is 0 Å². The van der Waals surface area contributed by atoms with Crippen molar-refractivity contribution in [3.8, 4) is 0 Å².